The first kappa shape index (κ1) is 22.3. The second-order valence-corrected chi connectivity index (χ2v) is 7.52. The van der Waals surface area contributed by atoms with Crippen molar-refractivity contribution in [3.05, 3.63) is 57.5 Å². The van der Waals surface area contributed by atoms with Crippen LogP contribution in [0, 0.1) is 0 Å². The van der Waals surface area contributed by atoms with Crippen LogP contribution in [0.2, 0.25) is 0 Å². The van der Waals surface area contributed by atoms with Crippen molar-refractivity contribution in [3.8, 4) is 5.75 Å². The number of nitrogens with one attached hydrogen (secondary N) is 1. The number of aromatic hydroxyl groups is 1. The van der Waals surface area contributed by atoms with Crippen molar-refractivity contribution >= 4 is 11.8 Å². The zero-order valence-corrected chi connectivity index (χ0v) is 16.9. The van der Waals surface area contributed by atoms with E-state index in [0.717, 1.165) is 23.0 Å². The lowest BCUT2D eigenvalue weighted by Gasteiger charge is -2.31. The standard InChI is InChI=1S/C20H21F3N4O4/c1-12(28)26-7-6-19(10-26,13-4-3-5-14(8-13)20(21,22)23)11-27-9-15(29)17(30)16(25-27)18(31)24-2/h3-5,8-9,29H,6-7,10-11H2,1-2H3,(H,24,31). The van der Waals surface area contributed by atoms with Gasteiger partial charge in [-0.15, -0.1) is 0 Å². The van der Waals surface area contributed by atoms with Crippen LogP contribution < -0.4 is 10.7 Å². The minimum absolute atomic E-state index is 0.0596. The maximum Gasteiger partial charge on any atom is 0.416 e. The van der Waals surface area contributed by atoms with Crippen LogP contribution in [0.15, 0.2) is 35.3 Å². The van der Waals surface area contributed by atoms with E-state index >= 15 is 0 Å². The zero-order valence-electron chi connectivity index (χ0n) is 16.9. The van der Waals surface area contributed by atoms with Crippen LogP contribution in [0.25, 0.3) is 0 Å². The molecule has 1 saturated heterocycles. The quantitative estimate of drug-likeness (QED) is 0.753. The molecule has 0 saturated carbocycles. The Kier molecular flexibility index (Phi) is 5.79. The number of aromatic nitrogens is 2. The van der Waals surface area contributed by atoms with Crippen molar-refractivity contribution in [2.75, 3.05) is 20.1 Å². The Morgan fingerprint density at radius 3 is 2.61 bits per heavy atom. The van der Waals surface area contributed by atoms with Gasteiger partial charge in [-0.2, -0.15) is 18.3 Å². The van der Waals surface area contributed by atoms with Crippen molar-refractivity contribution < 1.29 is 27.9 Å². The van der Waals surface area contributed by atoms with Crippen molar-refractivity contribution in [2.24, 2.45) is 0 Å². The summed E-state index contributed by atoms with van der Waals surface area (Å²) >= 11 is 0. The van der Waals surface area contributed by atoms with Crippen LogP contribution >= 0.6 is 0 Å². The van der Waals surface area contributed by atoms with Crippen LogP contribution in [0.5, 0.6) is 5.75 Å². The molecule has 2 heterocycles. The summed E-state index contributed by atoms with van der Waals surface area (Å²) in [7, 11) is 1.30. The average molecular weight is 438 g/mol. The van der Waals surface area contributed by atoms with E-state index in [9.17, 15) is 32.7 Å². The third kappa shape index (κ3) is 4.39. The number of amides is 2. The van der Waals surface area contributed by atoms with Crippen LogP contribution in [-0.4, -0.2) is 51.7 Å². The fraction of sp³-hybridized carbons (Fsp3) is 0.400. The summed E-state index contributed by atoms with van der Waals surface area (Å²) in [6.45, 7) is 1.75. The normalized spacial score (nSPS) is 18.8. The Morgan fingerprint density at radius 2 is 2.03 bits per heavy atom. The molecule has 3 rings (SSSR count). The van der Waals surface area contributed by atoms with Gasteiger partial charge in [-0.05, 0) is 18.1 Å². The third-order valence-electron chi connectivity index (χ3n) is 5.46. The molecule has 11 heteroatoms. The lowest BCUT2D eigenvalue weighted by molar-refractivity contribution is -0.137. The minimum atomic E-state index is -4.55. The molecule has 1 atom stereocenters. The summed E-state index contributed by atoms with van der Waals surface area (Å²) in [5.41, 5.74) is -2.95. The van der Waals surface area contributed by atoms with Gasteiger partial charge in [0.05, 0.1) is 18.3 Å². The van der Waals surface area contributed by atoms with E-state index in [1.165, 1.54) is 24.9 Å². The predicted octanol–water partition coefficient (Wildman–Crippen LogP) is 1.52. The molecule has 0 aliphatic carbocycles. The molecule has 1 aliphatic heterocycles. The number of likely N-dealkylation sites (tertiary alicyclic amines) is 1. The molecule has 2 N–H and O–H groups in total. The second-order valence-electron chi connectivity index (χ2n) is 7.52. The average Bonchev–Trinajstić information content (AvgIpc) is 3.15. The monoisotopic (exact) mass is 438 g/mol. The van der Waals surface area contributed by atoms with E-state index < -0.39 is 39.9 Å². The summed E-state index contributed by atoms with van der Waals surface area (Å²) in [5.74, 6) is -1.75. The van der Waals surface area contributed by atoms with Crippen molar-refractivity contribution in [1.29, 1.82) is 0 Å². The lowest BCUT2D eigenvalue weighted by Crippen LogP contribution is -2.38. The van der Waals surface area contributed by atoms with Crippen LogP contribution in [-0.2, 0) is 22.9 Å². The van der Waals surface area contributed by atoms with E-state index in [0.29, 0.717) is 18.5 Å². The molecule has 2 amide bonds. The zero-order chi connectivity index (χ0) is 23.0. The largest absolute Gasteiger partial charge is 0.503 e. The molecule has 8 nitrogen and oxygen atoms in total. The molecule has 0 bridgehead atoms. The Labute approximate surface area is 175 Å². The fourth-order valence-electron chi connectivity index (χ4n) is 3.80. The molecular formula is C20H21F3N4O4. The van der Waals surface area contributed by atoms with E-state index in [4.69, 9.17) is 0 Å². The maximum atomic E-state index is 13.3. The molecule has 1 aliphatic rings. The van der Waals surface area contributed by atoms with E-state index in [-0.39, 0.29) is 19.0 Å². The van der Waals surface area contributed by atoms with Crippen molar-refractivity contribution in [1.82, 2.24) is 20.0 Å². The first-order chi connectivity index (χ1) is 14.5. The summed E-state index contributed by atoms with van der Waals surface area (Å²) in [5, 5.41) is 16.2. The molecule has 166 valence electrons. The second kappa shape index (κ2) is 8.05. The molecule has 1 aromatic carbocycles. The fourth-order valence-corrected chi connectivity index (χ4v) is 3.80. The number of nitrogens with zero attached hydrogens (tertiary/aromatic N) is 3. The molecule has 1 aromatic heterocycles. The summed E-state index contributed by atoms with van der Waals surface area (Å²) < 4.78 is 41.0. The van der Waals surface area contributed by atoms with Gasteiger partial charge in [0.1, 0.15) is 0 Å². The highest BCUT2D eigenvalue weighted by Gasteiger charge is 2.42. The highest BCUT2D eigenvalue weighted by Crippen LogP contribution is 2.39. The van der Waals surface area contributed by atoms with Gasteiger partial charge in [-0.1, -0.05) is 18.2 Å². The minimum Gasteiger partial charge on any atom is -0.503 e. The number of rotatable bonds is 4. The van der Waals surface area contributed by atoms with Gasteiger partial charge in [0.2, 0.25) is 5.91 Å². The smallest absolute Gasteiger partial charge is 0.416 e. The molecule has 31 heavy (non-hydrogen) atoms. The number of hydrogen-bond donors (Lipinski definition) is 2. The molecular weight excluding hydrogens is 417 g/mol. The highest BCUT2D eigenvalue weighted by atomic mass is 19.4. The molecule has 0 spiro atoms. The number of halogens is 3. The van der Waals surface area contributed by atoms with E-state index in [1.54, 1.807) is 6.07 Å². The number of carbonyl (C=O) groups excluding carboxylic acids is 2. The van der Waals surface area contributed by atoms with E-state index in [2.05, 4.69) is 10.4 Å². The summed E-state index contributed by atoms with van der Waals surface area (Å²) in [6, 6.07) is 4.83. The van der Waals surface area contributed by atoms with Crippen LogP contribution in [0.1, 0.15) is 35.0 Å². The summed E-state index contributed by atoms with van der Waals surface area (Å²) in [6.07, 6.45) is -3.19. The summed E-state index contributed by atoms with van der Waals surface area (Å²) in [4.78, 5) is 37.4. The first-order valence-corrected chi connectivity index (χ1v) is 9.43. The predicted molar refractivity (Wildman–Crippen MR) is 104 cm³/mol. The Bertz CT molecular complexity index is 1080. The van der Waals surface area contributed by atoms with Gasteiger partial charge < -0.3 is 15.3 Å². The number of alkyl halides is 3. The van der Waals surface area contributed by atoms with E-state index in [1.807, 2.05) is 0 Å². The van der Waals surface area contributed by atoms with Gasteiger partial charge >= 0.3 is 6.18 Å². The van der Waals surface area contributed by atoms with Gasteiger partial charge in [0.15, 0.2) is 11.4 Å². The van der Waals surface area contributed by atoms with Crippen molar-refractivity contribution in [2.45, 2.75) is 31.5 Å². The SMILES string of the molecule is CNC(=O)c1nn(CC2(c3cccc(C(F)(F)F)c3)CCN(C(C)=O)C2)cc(O)c1=O. The Morgan fingerprint density at radius 1 is 1.32 bits per heavy atom. The molecule has 1 unspecified atom stereocenters. The topological polar surface area (TPSA) is 105 Å². The number of benzene rings is 1. The maximum absolute atomic E-state index is 13.3. The molecule has 1 fully saturated rings. The number of hydrogen-bond acceptors (Lipinski definition) is 5. The number of carbonyl (C=O) groups is 2. The lowest BCUT2D eigenvalue weighted by atomic mass is 9.79. The molecule has 2 aromatic rings. The first-order valence-electron chi connectivity index (χ1n) is 9.43. The Hall–Kier alpha value is -3.37. The third-order valence-corrected chi connectivity index (χ3v) is 5.46. The van der Waals surface area contributed by atoms with Crippen molar-refractivity contribution in [3.63, 3.8) is 0 Å². The highest BCUT2D eigenvalue weighted by molar-refractivity contribution is 5.92. The van der Waals surface area contributed by atoms with Crippen LogP contribution in [0.4, 0.5) is 13.2 Å². The Balaban J connectivity index is 2.10. The van der Waals surface area contributed by atoms with Crippen LogP contribution in [0.3, 0.4) is 0 Å². The van der Waals surface area contributed by atoms with Gasteiger partial charge in [0.25, 0.3) is 11.3 Å². The van der Waals surface area contributed by atoms with Gasteiger partial charge in [-0.3, -0.25) is 19.1 Å². The molecule has 0 radical (unpaired) electrons. The van der Waals surface area contributed by atoms with Gasteiger partial charge in [0, 0.05) is 32.5 Å². The van der Waals surface area contributed by atoms with Gasteiger partial charge in [-0.25, -0.2) is 0 Å².